The molecule has 0 atom stereocenters. The lowest BCUT2D eigenvalue weighted by Crippen LogP contribution is -2.06. The van der Waals surface area contributed by atoms with E-state index in [1.165, 1.54) is 23.4 Å². The molecule has 1 aliphatic heterocycles. The van der Waals surface area contributed by atoms with Crippen molar-refractivity contribution in [2.24, 2.45) is 4.99 Å². The monoisotopic (exact) mass is 358 g/mol. The van der Waals surface area contributed by atoms with Gasteiger partial charge in [0.25, 0.3) is 5.69 Å². The summed E-state index contributed by atoms with van der Waals surface area (Å²) in [6, 6.07) is 12.5. The topological polar surface area (TPSA) is 72.6 Å². The van der Waals surface area contributed by atoms with Gasteiger partial charge < -0.3 is 0 Å². The normalized spacial score (nSPS) is 13.1. The first kappa shape index (κ1) is 16.7. The highest BCUT2D eigenvalue weighted by molar-refractivity contribution is 8.38. The second-order valence-corrected chi connectivity index (χ2v) is 7.45. The molecule has 0 saturated heterocycles. The Hall–Kier alpha value is -2.12. The number of ketones is 1. The lowest BCUT2D eigenvalue weighted by atomic mass is 10.1. The predicted molar refractivity (Wildman–Crippen MR) is 99.5 cm³/mol. The van der Waals surface area contributed by atoms with Gasteiger partial charge in [0.1, 0.15) is 4.38 Å². The molecule has 5 nitrogen and oxygen atoms in total. The Morgan fingerprint density at radius 2 is 2.12 bits per heavy atom. The molecule has 0 radical (unpaired) electrons. The fraction of sp³-hybridized carbons (Fsp3) is 0.176. The standard InChI is InChI=1S/C17H14N2O3S2/c1-11-6-7-12(8-15(11)19(21)22)16(20)10-24-17-18-14-5-3-2-4-13(14)9-23-17/h2-8H,9-10H2,1H3. The first-order valence-electron chi connectivity index (χ1n) is 7.25. The third-order valence-electron chi connectivity index (χ3n) is 3.61. The van der Waals surface area contributed by atoms with Crippen LogP contribution in [0.5, 0.6) is 0 Å². The maximum Gasteiger partial charge on any atom is 0.273 e. The van der Waals surface area contributed by atoms with Crippen molar-refractivity contribution in [3.05, 3.63) is 69.3 Å². The highest BCUT2D eigenvalue weighted by Crippen LogP contribution is 2.34. The van der Waals surface area contributed by atoms with Gasteiger partial charge in [-0.3, -0.25) is 14.9 Å². The van der Waals surface area contributed by atoms with Crippen LogP contribution < -0.4 is 0 Å². The van der Waals surface area contributed by atoms with Gasteiger partial charge in [0.05, 0.1) is 16.4 Å². The van der Waals surface area contributed by atoms with E-state index in [-0.39, 0.29) is 17.2 Å². The summed E-state index contributed by atoms with van der Waals surface area (Å²) in [5.41, 5.74) is 3.02. The number of aliphatic imine (C=N–C) groups is 1. The summed E-state index contributed by atoms with van der Waals surface area (Å²) in [6.45, 7) is 1.66. The van der Waals surface area contributed by atoms with Crippen LogP contribution in [0, 0.1) is 17.0 Å². The van der Waals surface area contributed by atoms with Crippen LogP contribution >= 0.6 is 23.5 Å². The molecule has 24 heavy (non-hydrogen) atoms. The molecule has 0 aliphatic carbocycles. The van der Waals surface area contributed by atoms with Crippen molar-refractivity contribution in [1.29, 1.82) is 0 Å². The van der Waals surface area contributed by atoms with E-state index in [1.54, 1.807) is 30.8 Å². The molecule has 0 spiro atoms. The number of carbonyl (C=O) groups is 1. The first-order valence-corrected chi connectivity index (χ1v) is 9.22. The second kappa shape index (κ2) is 7.19. The molecular formula is C17H14N2O3S2. The highest BCUT2D eigenvalue weighted by Gasteiger charge is 2.17. The number of nitro benzene ring substituents is 1. The zero-order valence-corrected chi connectivity index (χ0v) is 14.5. The molecule has 1 aliphatic rings. The summed E-state index contributed by atoms with van der Waals surface area (Å²) < 4.78 is 0.851. The smallest absolute Gasteiger partial charge is 0.273 e. The van der Waals surface area contributed by atoms with Gasteiger partial charge in [-0.1, -0.05) is 53.9 Å². The Labute approximate surface area is 147 Å². The quantitative estimate of drug-likeness (QED) is 0.448. The zero-order valence-electron chi connectivity index (χ0n) is 12.9. The van der Waals surface area contributed by atoms with Gasteiger partial charge in [0.2, 0.25) is 0 Å². The third kappa shape index (κ3) is 3.68. The van der Waals surface area contributed by atoms with Crippen molar-refractivity contribution in [3.63, 3.8) is 0 Å². The maximum atomic E-state index is 12.3. The van der Waals surface area contributed by atoms with Crippen molar-refractivity contribution in [1.82, 2.24) is 0 Å². The number of aryl methyl sites for hydroxylation is 1. The van der Waals surface area contributed by atoms with Crippen molar-refractivity contribution in [2.75, 3.05) is 5.75 Å². The molecule has 0 aromatic heterocycles. The third-order valence-corrected chi connectivity index (χ3v) is 5.85. The molecule has 1 heterocycles. The fourth-order valence-corrected chi connectivity index (χ4v) is 4.23. The van der Waals surface area contributed by atoms with Gasteiger partial charge in [0.15, 0.2) is 5.78 Å². The summed E-state index contributed by atoms with van der Waals surface area (Å²) >= 11 is 2.98. The van der Waals surface area contributed by atoms with Crippen molar-refractivity contribution in [2.45, 2.75) is 12.7 Å². The average Bonchev–Trinajstić information content (AvgIpc) is 2.59. The summed E-state index contributed by atoms with van der Waals surface area (Å²) in [6.07, 6.45) is 0. The molecule has 0 saturated carbocycles. The van der Waals surface area contributed by atoms with Crippen molar-refractivity contribution < 1.29 is 9.72 Å². The van der Waals surface area contributed by atoms with Crippen LogP contribution in [0.2, 0.25) is 0 Å². The van der Waals surface area contributed by atoms with Crippen LogP contribution in [0.25, 0.3) is 0 Å². The molecule has 0 unspecified atom stereocenters. The van der Waals surface area contributed by atoms with Crippen LogP contribution in [-0.2, 0) is 5.75 Å². The van der Waals surface area contributed by atoms with E-state index in [1.807, 2.05) is 24.3 Å². The molecule has 122 valence electrons. The van der Waals surface area contributed by atoms with E-state index in [0.29, 0.717) is 11.1 Å². The molecule has 2 aromatic rings. The Kier molecular flexibility index (Phi) is 5.01. The number of carbonyl (C=O) groups excluding carboxylic acids is 1. The van der Waals surface area contributed by atoms with E-state index < -0.39 is 4.92 Å². The Balaban J connectivity index is 1.70. The van der Waals surface area contributed by atoms with Crippen LogP contribution in [-0.4, -0.2) is 20.8 Å². The number of hydrogen-bond acceptors (Lipinski definition) is 6. The van der Waals surface area contributed by atoms with E-state index in [2.05, 4.69) is 4.99 Å². The molecule has 0 amide bonds. The van der Waals surface area contributed by atoms with Gasteiger partial charge in [-0.05, 0) is 18.6 Å². The fourth-order valence-electron chi connectivity index (χ4n) is 2.28. The van der Waals surface area contributed by atoms with E-state index in [9.17, 15) is 14.9 Å². The summed E-state index contributed by atoms with van der Waals surface area (Å²) in [7, 11) is 0. The van der Waals surface area contributed by atoms with Crippen LogP contribution in [0.3, 0.4) is 0 Å². The zero-order chi connectivity index (χ0) is 17.1. The molecule has 0 bridgehead atoms. The van der Waals surface area contributed by atoms with E-state index in [4.69, 9.17) is 0 Å². The SMILES string of the molecule is Cc1ccc(C(=O)CSC2=Nc3ccccc3CS2)cc1[N+](=O)[O-]. The van der Waals surface area contributed by atoms with Crippen molar-refractivity contribution >= 4 is 45.1 Å². The van der Waals surface area contributed by atoms with E-state index in [0.717, 1.165) is 15.8 Å². The second-order valence-electron chi connectivity index (χ2n) is 5.27. The Morgan fingerprint density at radius 1 is 1.33 bits per heavy atom. The van der Waals surface area contributed by atoms with Crippen LogP contribution in [0.4, 0.5) is 11.4 Å². The Bertz CT molecular complexity index is 849. The number of hydrogen-bond donors (Lipinski definition) is 0. The Morgan fingerprint density at radius 3 is 2.92 bits per heavy atom. The minimum absolute atomic E-state index is 0.0239. The lowest BCUT2D eigenvalue weighted by molar-refractivity contribution is -0.385. The number of para-hydroxylation sites is 1. The largest absolute Gasteiger partial charge is 0.293 e. The molecule has 0 N–H and O–H groups in total. The van der Waals surface area contributed by atoms with Gasteiger partial charge in [-0.15, -0.1) is 0 Å². The number of nitro groups is 1. The summed E-state index contributed by atoms with van der Waals surface area (Å²) in [5, 5.41) is 11.0. The van der Waals surface area contributed by atoms with Crippen molar-refractivity contribution in [3.8, 4) is 0 Å². The van der Waals surface area contributed by atoms with E-state index >= 15 is 0 Å². The minimum atomic E-state index is -0.461. The van der Waals surface area contributed by atoms with Gasteiger partial charge in [-0.2, -0.15) is 0 Å². The molecular weight excluding hydrogens is 344 g/mol. The number of fused-ring (bicyclic) bond motifs is 1. The number of rotatable bonds is 4. The summed E-state index contributed by atoms with van der Waals surface area (Å²) in [5.74, 6) is 0.922. The molecule has 0 fully saturated rings. The van der Waals surface area contributed by atoms with Crippen LogP contribution in [0.1, 0.15) is 21.5 Å². The molecule has 7 heteroatoms. The number of nitrogens with zero attached hydrogens (tertiary/aromatic N) is 2. The average molecular weight is 358 g/mol. The highest BCUT2D eigenvalue weighted by atomic mass is 32.2. The minimum Gasteiger partial charge on any atom is -0.293 e. The lowest BCUT2D eigenvalue weighted by Gasteiger charge is -2.13. The number of benzene rings is 2. The predicted octanol–water partition coefficient (Wildman–Crippen LogP) is 4.75. The van der Waals surface area contributed by atoms with Gasteiger partial charge in [0, 0.05) is 22.9 Å². The molecule has 3 rings (SSSR count). The number of thioether (sulfide) groups is 2. The van der Waals surface area contributed by atoms with Gasteiger partial charge in [-0.25, -0.2) is 4.99 Å². The summed E-state index contributed by atoms with van der Waals surface area (Å²) in [4.78, 5) is 27.4. The number of Topliss-reactive ketones (excluding diaryl/α,β-unsaturated/α-hetero) is 1. The van der Waals surface area contributed by atoms with Gasteiger partial charge >= 0.3 is 0 Å². The first-order chi connectivity index (χ1) is 11.5. The molecule has 2 aromatic carbocycles. The van der Waals surface area contributed by atoms with Crippen LogP contribution in [0.15, 0.2) is 47.5 Å². The maximum absolute atomic E-state index is 12.3.